The second kappa shape index (κ2) is 10.1. The van der Waals surface area contributed by atoms with E-state index in [0.29, 0.717) is 37.2 Å². The Labute approximate surface area is 205 Å². The monoisotopic (exact) mass is 473 g/mol. The number of aliphatic hydroxyl groups excluding tert-OH is 1. The van der Waals surface area contributed by atoms with Crippen LogP contribution in [0.1, 0.15) is 45.5 Å². The Morgan fingerprint density at radius 3 is 2.43 bits per heavy atom. The van der Waals surface area contributed by atoms with E-state index in [9.17, 15) is 14.7 Å². The Hall–Kier alpha value is -3.42. The van der Waals surface area contributed by atoms with Crippen LogP contribution in [0.2, 0.25) is 0 Å². The summed E-state index contributed by atoms with van der Waals surface area (Å²) in [7, 11) is 0. The number of likely N-dealkylation sites (tertiary alicyclic amines) is 1. The van der Waals surface area contributed by atoms with Gasteiger partial charge in [-0.25, -0.2) is 0 Å². The lowest BCUT2D eigenvalue weighted by molar-refractivity contribution is 0.0651. The predicted octanol–water partition coefficient (Wildman–Crippen LogP) is 3.85. The van der Waals surface area contributed by atoms with E-state index in [0.717, 1.165) is 49.1 Å². The molecule has 3 aromatic rings. The van der Waals surface area contributed by atoms with Crippen LogP contribution in [0.5, 0.6) is 5.75 Å². The molecule has 35 heavy (non-hydrogen) atoms. The zero-order valence-electron chi connectivity index (χ0n) is 19.9. The maximum Gasteiger partial charge on any atom is 0.261 e. The van der Waals surface area contributed by atoms with Crippen molar-refractivity contribution in [2.24, 2.45) is 0 Å². The van der Waals surface area contributed by atoms with Gasteiger partial charge >= 0.3 is 0 Å². The lowest BCUT2D eigenvalue weighted by Crippen LogP contribution is -2.35. The van der Waals surface area contributed by atoms with Gasteiger partial charge in [0.1, 0.15) is 12.4 Å². The van der Waals surface area contributed by atoms with Gasteiger partial charge in [-0.1, -0.05) is 24.8 Å². The molecule has 0 radical (unpaired) electrons. The number of nitrogens with zero attached hydrogens (tertiary/aromatic N) is 3. The fourth-order valence-corrected chi connectivity index (χ4v) is 5.07. The van der Waals surface area contributed by atoms with Gasteiger partial charge in [-0.15, -0.1) is 0 Å². The summed E-state index contributed by atoms with van der Waals surface area (Å²) in [6, 6.07) is 13.1. The quantitative estimate of drug-likeness (QED) is 0.378. The Kier molecular flexibility index (Phi) is 6.70. The summed E-state index contributed by atoms with van der Waals surface area (Å²) in [6.07, 6.45) is 5.97. The van der Waals surface area contributed by atoms with Crippen molar-refractivity contribution in [1.82, 2.24) is 14.4 Å². The average molecular weight is 474 g/mol. The maximum atomic E-state index is 12.7. The van der Waals surface area contributed by atoms with Crippen molar-refractivity contribution in [2.45, 2.75) is 38.5 Å². The molecule has 1 fully saturated rings. The molecule has 5 rings (SSSR count). The van der Waals surface area contributed by atoms with E-state index >= 15 is 0 Å². The molecule has 182 valence electrons. The molecule has 0 unspecified atom stereocenters. The van der Waals surface area contributed by atoms with Crippen molar-refractivity contribution >= 4 is 22.7 Å². The smallest absolute Gasteiger partial charge is 0.261 e. The summed E-state index contributed by atoms with van der Waals surface area (Å²) in [4.78, 5) is 29.1. The van der Waals surface area contributed by atoms with E-state index in [1.54, 1.807) is 30.3 Å². The summed E-state index contributed by atoms with van der Waals surface area (Å²) >= 11 is 0. The zero-order valence-corrected chi connectivity index (χ0v) is 19.9. The second-order valence-electron chi connectivity index (χ2n) is 9.29. The minimum absolute atomic E-state index is 0.200. The highest BCUT2D eigenvalue weighted by molar-refractivity contribution is 6.21. The number of imide groups is 1. The summed E-state index contributed by atoms with van der Waals surface area (Å²) < 4.78 is 7.99. The van der Waals surface area contributed by atoms with Gasteiger partial charge in [-0.2, -0.15) is 0 Å². The van der Waals surface area contributed by atoms with Crippen LogP contribution in [0.3, 0.4) is 0 Å². The van der Waals surface area contributed by atoms with Crippen LogP contribution in [0, 0.1) is 0 Å². The van der Waals surface area contributed by atoms with Crippen molar-refractivity contribution in [3.05, 3.63) is 78.0 Å². The number of aliphatic hydroxyl groups is 1. The van der Waals surface area contributed by atoms with Crippen molar-refractivity contribution in [1.29, 1.82) is 0 Å². The SMILES string of the molecule is C=CCOc1ccc2c(c1)c(CN1CCC(O)CC1)cn2CCCN1C(=O)c2ccccc2C1=O. The number of piperidine rings is 1. The lowest BCUT2D eigenvalue weighted by atomic mass is 10.1. The molecule has 0 bridgehead atoms. The number of fused-ring (bicyclic) bond motifs is 2. The van der Waals surface area contributed by atoms with Crippen LogP contribution in [0.15, 0.2) is 61.3 Å². The van der Waals surface area contributed by atoms with E-state index in [1.807, 2.05) is 6.07 Å². The molecule has 0 atom stereocenters. The number of amides is 2. The number of ether oxygens (including phenoxy) is 1. The van der Waals surface area contributed by atoms with Gasteiger partial charge in [0.25, 0.3) is 11.8 Å². The molecule has 2 aliphatic heterocycles. The molecule has 7 nitrogen and oxygen atoms in total. The van der Waals surface area contributed by atoms with Crippen molar-refractivity contribution in [3.63, 3.8) is 0 Å². The third-order valence-corrected chi connectivity index (χ3v) is 6.91. The van der Waals surface area contributed by atoms with Crippen molar-refractivity contribution < 1.29 is 19.4 Å². The summed E-state index contributed by atoms with van der Waals surface area (Å²) in [5.74, 6) is 0.386. The van der Waals surface area contributed by atoms with Crippen LogP contribution in [-0.2, 0) is 13.1 Å². The maximum absolute atomic E-state index is 12.7. The number of aryl methyl sites for hydroxylation is 1. The van der Waals surface area contributed by atoms with Crippen molar-refractivity contribution in [3.8, 4) is 5.75 Å². The third kappa shape index (κ3) is 4.74. The Morgan fingerprint density at radius 2 is 1.74 bits per heavy atom. The van der Waals surface area contributed by atoms with Crippen molar-refractivity contribution in [2.75, 3.05) is 26.2 Å². The van der Waals surface area contributed by atoms with Crippen LogP contribution in [0.4, 0.5) is 0 Å². The number of rotatable bonds is 9. The summed E-state index contributed by atoms with van der Waals surface area (Å²) in [5.41, 5.74) is 3.29. The van der Waals surface area contributed by atoms with Crippen LogP contribution < -0.4 is 4.74 Å². The number of hydrogen-bond donors (Lipinski definition) is 1. The number of aromatic nitrogens is 1. The first kappa shape index (κ1) is 23.3. The number of benzene rings is 2. The van der Waals surface area contributed by atoms with Gasteiger partial charge in [0.05, 0.1) is 17.2 Å². The highest BCUT2D eigenvalue weighted by atomic mass is 16.5. The average Bonchev–Trinajstić information content (AvgIpc) is 3.34. The summed E-state index contributed by atoms with van der Waals surface area (Å²) in [6.45, 7) is 7.80. The predicted molar refractivity (Wildman–Crippen MR) is 135 cm³/mol. The fourth-order valence-electron chi connectivity index (χ4n) is 5.07. The van der Waals surface area contributed by atoms with E-state index in [2.05, 4.69) is 34.4 Å². The Morgan fingerprint density at radius 1 is 1.03 bits per heavy atom. The van der Waals surface area contributed by atoms with E-state index in [1.165, 1.54) is 10.5 Å². The number of hydrogen-bond acceptors (Lipinski definition) is 5. The van der Waals surface area contributed by atoms with E-state index in [4.69, 9.17) is 4.74 Å². The molecule has 1 N–H and O–H groups in total. The molecule has 1 aromatic heterocycles. The lowest BCUT2D eigenvalue weighted by Gasteiger charge is -2.29. The Bertz CT molecular complexity index is 1220. The van der Waals surface area contributed by atoms with Gasteiger partial charge < -0.3 is 14.4 Å². The first-order valence-corrected chi connectivity index (χ1v) is 12.3. The first-order chi connectivity index (χ1) is 17.0. The molecule has 0 aliphatic carbocycles. The van der Waals surface area contributed by atoms with Crippen LogP contribution >= 0.6 is 0 Å². The highest BCUT2D eigenvalue weighted by Gasteiger charge is 2.34. The van der Waals surface area contributed by atoms with Crippen LogP contribution in [0.25, 0.3) is 10.9 Å². The molecule has 3 heterocycles. The fraction of sp³-hybridized carbons (Fsp3) is 0.357. The van der Waals surface area contributed by atoms with E-state index in [-0.39, 0.29) is 17.9 Å². The minimum Gasteiger partial charge on any atom is -0.490 e. The Balaban J connectivity index is 1.33. The third-order valence-electron chi connectivity index (χ3n) is 6.91. The van der Waals surface area contributed by atoms with E-state index < -0.39 is 0 Å². The van der Waals surface area contributed by atoms with Gasteiger partial charge in [0.2, 0.25) is 0 Å². The highest BCUT2D eigenvalue weighted by Crippen LogP contribution is 2.29. The molecule has 7 heteroatoms. The molecule has 2 amide bonds. The molecular weight excluding hydrogens is 442 g/mol. The molecule has 2 aliphatic rings. The summed E-state index contributed by atoms with van der Waals surface area (Å²) in [5, 5.41) is 11.0. The van der Waals surface area contributed by atoms with Crippen LogP contribution in [-0.4, -0.2) is 63.6 Å². The molecule has 0 spiro atoms. The number of carbonyl (C=O) groups excluding carboxylic acids is 2. The molecule has 1 saturated heterocycles. The molecule has 0 saturated carbocycles. The first-order valence-electron chi connectivity index (χ1n) is 12.3. The van der Waals surface area contributed by atoms with Gasteiger partial charge in [-0.05, 0) is 55.2 Å². The second-order valence-corrected chi connectivity index (χ2v) is 9.29. The molecule has 2 aromatic carbocycles. The normalized spacial score (nSPS) is 16.8. The largest absolute Gasteiger partial charge is 0.490 e. The van der Waals surface area contributed by atoms with Gasteiger partial charge in [-0.3, -0.25) is 19.4 Å². The standard InChI is InChI=1S/C28H31N3O4/c1-2-16-35-22-8-9-26-25(17-22)20(18-29-14-10-21(32)11-15-29)19-30(26)12-5-13-31-27(33)23-6-3-4-7-24(23)28(31)34/h2-4,6-9,17,19,21,32H,1,5,10-16,18H2. The van der Waals surface area contributed by atoms with Gasteiger partial charge in [0, 0.05) is 49.8 Å². The zero-order chi connectivity index (χ0) is 24.4. The molecular formula is C28H31N3O4. The van der Waals surface area contributed by atoms with Gasteiger partial charge in [0.15, 0.2) is 0 Å². The number of carbonyl (C=O) groups is 2. The minimum atomic E-state index is -0.208. The topological polar surface area (TPSA) is 75.0 Å².